The Labute approximate surface area is 235 Å². The van der Waals surface area contributed by atoms with Gasteiger partial charge in [0.15, 0.2) is 4.80 Å². The Morgan fingerprint density at radius 3 is 2.40 bits per heavy atom. The summed E-state index contributed by atoms with van der Waals surface area (Å²) in [5.41, 5.74) is 2.55. The second kappa shape index (κ2) is 11.6. The average molecular weight is 557 g/mol. The number of benzene rings is 3. The molecule has 3 aromatic carbocycles. The number of fused-ring (bicyclic) bond motifs is 1. The van der Waals surface area contributed by atoms with E-state index in [2.05, 4.69) is 0 Å². The Balaban J connectivity index is 1.84. The minimum Gasteiger partial charge on any atom is -0.497 e. The van der Waals surface area contributed by atoms with E-state index in [1.165, 1.54) is 11.3 Å². The highest BCUT2D eigenvalue weighted by Crippen LogP contribution is 2.36. The Bertz CT molecular complexity index is 1770. The van der Waals surface area contributed by atoms with E-state index in [-0.39, 0.29) is 17.7 Å². The summed E-state index contributed by atoms with van der Waals surface area (Å²) in [7, 11) is 4.72. The molecule has 0 N–H and O–H groups in total. The van der Waals surface area contributed by atoms with Gasteiger partial charge in [-0.25, -0.2) is 9.79 Å². The van der Waals surface area contributed by atoms with E-state index in [9.17, 15) is 9.59 Å². The fraction of sp³-hybridized carbons (Fsp3) is 0.194. The Morgan fingerprint density at radius 2 is 1.70 bits per heavy atom. The van der Waals surface area contributed by atoms with E-state index >= 15 is 0 Å². The molecule has 0 spiro atoms. The van der Waals surface area contributed by atoms with Crippen molar-refractivity contribution in [3.05, 3.63) is 115 Å². The third kappa shape index (κ3) is 5.03. The molecule has 2 heterocycles. The van der Waals surface area contributed by atoms with Gasteiger partial charge in [0.1, 0.15) is 17.2 Å². The van der Waals surface area contributed by atoms with Crippen LogP contribution in [0.15, 0.2) is 88.2 Å². The Hall–Kier alpha value is -4.63. The lowest BCUT2D eigenvalue weighted by atomic mass is 9.93. The molecule has 0 fully saturated rings. The van der Waals surface area contributed by atoms with Crippen LogP contribution < -0.4 is 29.1 Å². The predicted octanol–water partition coefficient (Wildman–Crippen LogP) is 3.96. The molecular weight excluding hydrogens is 528 g/mol. The number of thiazole rings is 1. The molecule has 1 atom stereocenters. The van der Waals surface area contributed by atoms with Crippen molar-refractivity contribution in [2.45, 2.75) is 13.0 Å². The zero-order valence-corrected chi connectivity index (χ0v) is 23.4. The Morgan fingerprint density at radius 1 is 0.950 bits per heavy atom. The van der Waals surface area contributed by atoms with Gasteiger partial charge in [0.25, 0.3) is 5.56 Å². The fourth-order valence-corrected chi connectivity index (χ4v) is 5.65. The molecule has 0 bridgehead atoms. The molecule has 1 aliphatic heterocycles. The average Bonchev–Trinajstić information content (AvgIpc) is 3.30. The fourth-order valence-electron chi connectivity index (χ4n) is 4.66. The van der Waals surface area contributed by atoms with E-state index in [0.717, 1.165) is 5.56 Å². The number of carbonyl (C=O) groups excluding carboxylic acids is 1. The number of carbonyl (C=O) groups is 1. The quantitative estimate of drug-likeness (QED) is 0.306. The SMILES string of the molecule is CCOC(=O)C1=C(c2ccccc2)N=c2s/c(=C/c3cc(OC)ccc3OC)c(=O)n2[C@H]1c1cccc(OC)c1. The second-order valence-corrected chi connectivity index (χ2v) is 9.83. The second-order valence-electron chi connectivity index (χ2n) is 8.82. The summed E-state index contributed by atoms with van der Waals surface area (Å²) in [6.45, 7) is 1.92. The van der Waals surface area contributed by atoms with E-state index in [0.29, 0.717) is 43.4 Å². The van der Waals surface area contributed by atoms with Gasteiger partial charge in [-0.2, -0.15) is 0 Å². The minimum absolute atomic E-state index is 0.176. The van der Waals surface area contributed by atoms with Crippen LogP contribution in [0.4, 0.5) is 0 Å². The van der Waals surface area contributed by atoms with Crippen LogP contribution in [0.25, 0.3) is 11.8 Å². The van der Waals surface area contributed by atoms with Crippen molar-refractivity contribution in [2.24, 2.45) is 4.99 Å². The molecule has 1 aliphatic rings. The lowest BCUT2D eigenvalue weighted by molar-refractivity contribution is -0.138. The highest BCUT2D eigenvalue weighted by molar-refractivity contribution is 7.07. The molecule has 4 aromatic rings. The molecule has 40 heavy (non-hydrogen) atoms. The molecule has 204 valence electrons. The summed E-state index contributed by atoms with van der Waals surface area (Å²) < 4.78 is 23.9. The van der Waals surface area contributed by atoms with E-state index in [4.69, 9.17) is 23.9 Å². The standard InChI is InChI=1S/C31H28N2O6S/c1-5-39-30(35)26-27(19-10-7-6-8-11-19)32-31-33(28(26)20-12-9-13-22(16-20)36-2)29(34)25(40-31)18-21-17-23(37-3)14-15-24(21)38-4/h6-18,28H,5H2,1-4H3/b25-18+/t28-/m0/s1. The summed E-state index contributed by atoms with van der Waals surface area (Å²) >= 11 is 1.24. The van der Waals surface area contributed by atoms with Gasteiger partial charge in [-0.15, -0.1) is 0 Å². The number of ether oxygens (including phenoxy) is 4. The highest BCUT2D eigenvalue weighted by Gasteiger charge is 2.35. The maximum Gasteiger partial charge on any atom is 0.338 e. The van der Waals surface area contributed by atoms with E-state index in [1.807, 2.05) is 54.6 Å². The van der Waals surface area contributed by atoms with Crippen LogP contribution >= 0.6 is 11.3 Å². The van der Waals surface area contributed by atoms with Gasteiger partial charge in [-0.1, -0.05) is 53.8 Å². The minimum atomic E-state index is -0.796. The normalized spacial score (nSPS) is 14.8. The van der Waals surface area contributed by atoms with Gasteiger partial charge in [-0.05, 0) is 48.9 Å². The van der Waals surface area contributed by atoms with Crippen LogP contribution in [0.1, 0.15) is 29.7 Å². The molecule has 0 unspecified atom stereocenters. The summed E-state index contributed by atoms with van der Waals surface area (Å²) in [6.07, 6.45) is 1.75. The number of methoxy groups -OCH3 is 3. The van der Waals surface area contributed by atoms with Crippen LogP contribution in [0.2, 0.25) is 0 Å². The number of hydrogen-bond donors (Lipinski definition) is 0. The largest absolute Gasteiger partial charge is 0.497 e. The zero-order chi connectivity index (χ0) is 28.2. The first-order valence-electron chi connectivity index (χ1n) is 12.6. The third-order valence-corrected chi connectivity index (χ3v) is 7.49. The highest BCUT2D eigenvalue weighted by atomic mass is 32.1. The maximum absolute atomic E-state index is 14.1. The number of rotatable bonds is 8. The van der Waals surface area contributed by atoms with Crippen molar-refractivity contribution in [3.63, 3.8) is 0 Å². The van der Waals surface area contributed by atoms with Gasteiger partial charge in [-0.3, -0.25) is 9.36 Å². The number of nitrogens with zero attached hydrogens (tertiary/aromatic N) is 2. The van der Waals surface area contributed by atoms with Gasteiger partial charge in [0.2, 0.25) is 0 Å². The first kappa shape index (κ1) is 27.0. The zero-order valence-electron chi connectivity index (χ0n) is 22.5. The molecular formula is C31H28N2O6S. The molecule has 8 nitrogen and oxygen atoms in total. The predicted molar refractivity (Wildman–Crippen MR) is 154 cm³/mol. The van der Waals surface area contributed by atoms with Crippen molar-refractivity contribution in [1.29, 1.82) is 0 Å². The molecule has 0 saturated heterocycles. The van der Waals surface area contributed by atoms with Crippen molar-refractivity contribution in [2.75, 3.05) is 27.9 Å². The summed E-state index contributed by atoms with van der Waals surface area (Å²) in [4.78, 5) is 33.0. The molecule has 0 saturated carbocycles. The summed E-state index contributed by atoms with van der Waals surface area (Å²) in [5.74, 6) is 1.28. The molecule has 5 rings (SSSR count). The maximum atomic E-state index is 14.1. The van der Waals surface area contributed by atoms with Gasteiger partial charge < -0.3 is 18.9 Å². The van der Waals surface area contributed by atoms with Crippen molar-refractivity contribution < 1.29 is 23.7 Å². The van der Waals surface area contributed by atoms with Gasteiger partial charge in [0.05, 0.1) is 49.8 Å². The number of aromatic nitrogens is 1. The number of esters is 1. The van der Waals surface area contributed by atoms with Crippen LogP contribution in [0.5, 0.6) is 17.2 Å². The first-order valence-corrected chi connectivity index (χ1v) is 13.4. The van der Waals surface area contributed by atoms with Crippen molar-refractivity contribution in [1.82, 2.24) is 4.57 Å². The number of hydrogen-bond acceptors (Lipinski definition) is 8. The molecule has 0 amide bonds. The molecule has 0 radical (unpaired) electrons. The molecule has 1 aromatic heterocycles. The topological polar surface area (TPSA) is 88.4 Å². The van der Waals surface area contributed by atoms with Crippen molar-refractivity contribution in [3.8, 4) is 17.2 Å². The van der Waals surface area contributed by atoms with Gasteiger partial charge >= 0.3 is 5.97 Å². The van der Waals surface area contributed by atoms with Crippen LogP contribution in [0, 0.1) is 0 Å². The first-order chi connectivity index (χ1) is 19.5. The van der Waals surface area contributed by atoms with E-state index < -0.39 is 12.0 Å². The summed E-state index contributed by atoms with van der Waals surface area (Å²) in [5, 5.41) is 0. The molecule has 0 aliphatic carbocycles. The van der Waals surface area contributed by atoms with Gasteiger partial charge in [0, 0.05) is 11.1 Å². The van der Waals surface area contributed by atoms with Crippen LogP contribution in [-0.2, 0) is 9.53 Å². The van der Waals surface area contributed by atoms with Crippen molar-refractivity contribution >= 4 is 29.1 Å². The molecule has 9 heteroatoms. The van der Waals surface area contributed by atoms with Crippen LogP contribution in [-0.4, -0.2) is 38.5 Å². The smallest absolute Gasteiger partial charge is 0.338 e. The third-order valence-electron chi connectivity index (χ3n) is 6.51. The monoisotopic (exact) mass is 556 g/mol. The lowest BCUT2D eigenvalue weighted by Gasteiger charge is -2.26. The van der Waals surface area contributed by atoms with E-state index in [1.54, 1.807) is 57.1 Å². The Kier molecular flexibility index (Phi) is 7.84. The van der Waals surface area contributed by atoms with Crippen LogP contribution in [0.3, 0.4) is 0 Å². The summed E-state index contributed by atoms with van der Waals surface area (Å²) in [6, 6.07) is 21.3. The lowest BCUT2D eigenvalue weighted by Crippen LogP contribution is -2.40.